The molecule has 1 aliphatic rings. The number of aryl methyl sites for hydroxylation is 1. The van der Waals surface area contributed by atoms with E-state index in [-0.39, 0.29) is 30.1 Å². The van der Waals surface area contributed by atoms with Gasteiger partial charge in [0.25, 0.3) is 11.1 Å². The molecule has 0 radical (unpaired) electrons. The van der Waals surface area contributed by atoms with Crippen molar-refractivity contribution in [1.29, 1.82) is 0 Å². The molecule has 0 aliphatic carbocycles. The molecule has 0 unspecified atom stereocenters. The Morgan fingerprint density at radius 2 is 1.76 bits per heavy atom. The van der Waals surface area contributed by atoms with Gasteiger partial charge in [0.1, 0.15) is 30.5 Å². The van der Waals surface area contributed by atoms with Crippen molar-refractivity contribution in [2.24, 2.45) is 0 Å². The fourth-order valence-electron chi connectivity index (χ4n) is 3.80. The normalized spacial score (nSPS) is 14.6. The zero-order valence-corrected chi connectivity index (χ0v) is 23.2. The van der Waals surface area contributed by atoms with Crippen molar-refractivity contribution < 1.29 is 23.5 Å². The van der Waals surface area contributed by atoms with Gasteiger partial charge in [0, 0.05) is 0 Å². The lowest BCUT2D eigenvalue weighted by Crippen LogP contribution is -2.32. The molecule has 0 atom stereocenters. The third-order valence-corrected chi connectivity index (χ3v) is 7.33. The fourth-order valence-corrected chi connectivity index (χ4v) is 5.18. The molecule has 0 spiro atoms. The van der Waals surface area contributed by atoms with E-state index in [0.29, 0.717) is 27.7 Å². The van der Waals surface area contributed by atoms with Crippen molar-refractivity contribution in [3.8, 4) is 11.5 Å². The predicted molar refractivity (Wildman–Crippen MR) is 148 cm³/mol. The molecule has 1 heterocycles. The summed E-state index contributed by atoms with van der Waals surface area (Å²) in [5, 5.41) is -0.313. The molecule has 0 aromatic heterocycles. The number of hydrogen-bond acceptors (Lipinski definition) is 5. The molecule has 5 nitrogen and oxygen atoms in total. The van der Waals surface area contributed by atoms with Crippen molar-refractivity contribution in [3.63, 3.8) is 0 Å². The lowest BCUT2D eigenvalue weighted by Gasteiger charge is -2.17. The van der Waals surface area contributed by atoms with Crippen LogP contribution in [0.25, 0.3) is 6.08 Å². The molecular formula is C29H27BrFNO4S. The van der Waals surface area contributed by atoms with Crippen molar-refractivity contribution in [2.75, 3.05) is 13.2 Å². The van der Waals surface area contributed by atoms with Crippen LogP contribution in [0.2, 0.25) is 0 Å². The van der Waals surface area contributed by atoms with E-state index in [1.807, 2.05) is 31.2 Å². The van der Waals surface area contributed by atoms with Crippen LogP contribution >= 0.6 is 27.7 Å². The first-order valence-electron chi connectivity index (χ1n) is 11.9. The van der Waals surface area contributed by atoms with E-state index in [4.69, 9.17) is 9.47 Å². The van der Waals surface area contributed by atoms with Crippen molar-refractivity contribution >= 4 is 44.9 Å². The van der Waals surface area contributed by atoms with Crippen LogP contribution in [-0.4, -0.2) is 29.2 Å². The number of ether oxygens (including phenoxy) is 2. The number of carbonyl (C=O) groups is 2. The smallest absolute Gasteiger partial charge is 0.293 e. The standard InChI is InChI=1S/C29H27BrFNO4S/c1-18(2)23-10-4-19(3)14-26(23)35-13-12-32-28(33)27(37-29(32)34)16-21-7-11-25(24(30)15-21)36-17-20-5-8-22(31)9-6-20/h4-11,14-16,18H,12-13,17H2,1-3H3/b27-16-. The van der Waals surface area contributed by atoms with Gasteiger partial charge in [0.2, 0.25) is 0 Å². The van der Waals surface area contributed by atoms with E-state index >= 15 is 0 Å². The molecule has 2 amide bonds. The summed E-state index contributed by atoms with van der Waals surface area (Å²) in [4.78, 5) is 27.0. The van der Waals surface area contributed by atoms with Gasteiger partial charge in [-0.2, -0.15) is 0 Å². The summed E-state index contributed by atoms with van der Waals surface area (Å²) in [7, 11) is 0. The van der Waals surface area contributed by atoms with Crippen LogP contribution in [-0.2, 0) is 11.4 Å². The van der Waals surface area contributed by atoms with Crippen molar-refractivity contribution in [3.05, 3.63) is 98.1 Å². The van der Waals surface area contributed by atoms with Gasteiger partial charge >= 0.3 is 0 Å². The lowest BCUT2D eigenvalue weighted by molar-refractivity contribution is -0.123. The molecule has 1 aliphatic heterocycles. The molecule has 3 aromatic rings. The minimum atomic E-state index is -0.334. The first kappa shape index (κ1) is 26.9. The Balaban J connectivity index is 1.37. The summed E-state index contributed by atoms with van der Waals surface area (Å²) < 4.78 is 25.6. The molecule has 0 N–H and O–H groups in total. The molecule has 1 fully saturated rings. The lowest BCUT2D eigenvalue weighted by atomic mass is 10.0. The number of imide groups is 1. The van der Waals surface area contributed by atoms with E-state index in [0.717, 1.165) is 39.8 Å². The molecule has 4 rings (SSSR count). The second kappa shape index (κ2) is 12.0. The number of nitrogens with zero attached hydrogens (tertiary/aromatic N) is 1. The summed E-state index contributed by atoms with van der Waals surface area (Å²) in [6, 6.07) is 17.6. The minimum Gasteiger partial charge on any atom is -0.491 e. The number of carbonyl (C=O) groups excluding carboxylic acids is 2. The Kier molecular flexibility index (Phi) is 8.71. The number of amides is 2. The van der Waals surface area contributed by atoms with E-state index < -0.39 is 0 Å². The highest BCUT2D eigenvalue weighted by Crippen LogP contribution is 2.34. The molecular weight excluding hydrogens is 557 g/mol. The average molecular weight is 585 g/mol. The Labute approximate surface area is 228 Å². The van der Waals surface area contributed by atoms with E-state index in [2.05, 4.69) is 35.8 Å². The second-order valence-corrected chi connectivity index (χ2v) is 10.8. The number of halogens is 2. The Morgan fingerprint density at radius 1 is 1.00 bits per heavy atom. The highest BCUT2D eigenvalue weighted by Gasteiger charge is 2.34. The summed E-state index contributed by atoms with van der Waals surface area (Å²) in [5.74, 6) is 1.07. The largest absolute Gasteiger partial charge is 0.491 e. The minimum absolute atomic E-state index is 0.174. The monoisotopic (exact) mass is 583 g/mol. The van der Waals surface area contributed by atoms with E-state index in [1.54, 1.807) is 24.3 Å². The number of benzene rings is 3. The maximum Gasteiger partial charge on any atom is 0.293 e. The molecule has 37 heavy (non-hydrogen) atoms. The van der Waals surface area contributed by atoms with Crippen LogP contribution < -0.4 is 9.47 Å². The highest BCUT2D eigenvalue weighted by atomic mass is 79.9. The summed E-state index contributed by atoms with van der Waals surface area (Å²) >= 11 is 4.42. The third kappa shape index (κ3) is 6.81. The van der Waals surface area contributed by atoms with Crippen LogP contribution in [0.15, 0.2) is 70.0 Å². The topological polar surface area (TPSA) is 55.8 Å². The van der Waals surface area contributed by atoms with E-state index in [9.17, 15) is 14.0 Å². The van der Waals surface area contributed by atoms with Crippen LogP contribution in [0.5, 0.6) is 11.5 Å². The van der Waals surface area contributed by atoms with Crippen LogP contribution in [0.3, 0.4) is 0 Å². The summed E-state index contributed by atoms with van der Waals surface area (Å²) in [6.45, 7) is 6.89. The summed E-state index contributed by atoms with van der Waals surface area (Å²) in [5.41, 5.74) is 3.78. The molecule has 0 bridgehead atoms. The van der Waals surface area contributed by atoms with Crippen molar-refractivity contribution in [1.82, 2.24) is 4.90 Å². The first-order chi connectivity index (χ1) is 17.7. The van der Waals surface area contributed by atoms with Gasteiger partial charge in [-0.3, -0.25) is 14.5 Å². The highest BCUT2D eigenvalue weighted by molar-refractivity contribution is 9.10. The molecule has 1 saturated heterocycles. The second-order valence-electron chi connectivity index (χ2n) is 8.98. The van der Waals surface area contributed by atoms with Crippen molar-refractivity contribution in [2.45, 2.75) is 33.3 Å². The predicted octanol–water partition coefficient (Wildman–Crippen LogP) is 7.71. The molecule has 192 valence electrons. The Bertz CT molecular complexity index is 1340. The molecule has 3 aromatic carbocycles. The number of rotatable bonds is 9. The van der Waals surface area contributed by atoms with Gasteiger partial charge in [0.05, 0.1) is 15.9 Å². The average Bonchev–Trinajstić information content (AvgIpc) is 3.11. The first-order valence-corrected chi connectivity index (χ1v) is 13.5. The van der Waals surface area contributed by atoms with Crippen LogP contribution in [0, 0.1) is 12.7 Å². The third-order valence-electron chi connectivity index (χ3n) is 5.80. The fraction of sp³-hybridized carbons (Fsp3) is 0.241. The number of thioether (sulfide) groups is 1. The molecule has 0 saturated carbocycles. The Hall–Kier alpha value is -3.10. The zero-order valence-electron chi connectivity index (χ0n) is 20.8. The van der Waals surface area contributed by atoms with Crippen LogP contribution in [0.4, 0.5) is 9.18 Å². The zero-order chi connectivity index (χ0) is 26.5. The van der Waals surface area contributed by atoms with Gasteiger partial charge < -0.3 is 9.47 Å². The maximum atomic E-state index is 13.1. The quantitative estimate of drug-likeness (QED) is 0.241. The SMILES string of the molecule is Cc1ccc(C(C)C)c(OCCN2C(=O)S/C(=C\c3ccc(OCc4ccc(F)cc4)c(Br)c3)C2=O)c1. The van der Waals surface area contributed by atoms with Gasteiger partial charge in [-0.1, -0.05) is 44.2 Å². The number of hydrogen-bond donors (Lipinski definition) is 0. The Morgan fingerprint density at radius 3 is 2.46 bits per heavy atom. The van der Waals surface area contributed by atoms with Gasteiger partial charge in [-0.05, 0) is 99.2 Å². The maximum absolute atomic E-state index is 13.1. The van der Waals surface area contributed by atoms with Crippen LogP contribution in [0.1, 0.15) is 42.0 Å². The van der Waals surface area contributed by atoms with Gasteiger partial charge in [-0.25, -0.2) is 4.39 Å². The van der Waals surface area contributed by atoms with Gasteiger partial charge in [-0.15, -0.1) is 0 Å². The summed E-state index contributed by atoms with van der Waals surface area (Å²) in [6.07, 6.45) is 1.69. The molecule has 8 heteroatoms. The van der Waals surface area contributed by atoms with E-state index in [1.165, 1.54) is 17.0 Å². The van der Waals surface area contributed by atoms with Gasteiger partial charge in [0.15, 0.2) is 0 Å².